The van der Waals surface area contributed by atoms with E-state index in [0.29, 0.717) is 12.2 Å². The lowest BCUT2D eigenvalue weighted by Gasteiger charge is -2.27. The molecule has 1 unspecified atom stereocenters. The Morgan fingerprint density at radius 1 is 1.61 bits per heavy atom. The van der Waals surface area contributed by atoms with Gasteiger partial charge in [-0.2, -0.15) is 0 Å². The van der Waals surface area contributed by atoms with Crippen LogP contribution in [0.25, 0.3) is 0 Å². The number of rotatable bonds is 6. The largest absolute Gasteiger partial charge is 0.338 e. The van der Waals surface area contributed by atoms with Gasteiger partial charge in [0.25, 0.3) is 0 Å². The average molecular weight is 249 g/mol. The van der Waals surface area contributed by atoms with E-state index in [2.05, 4.69) is 17.2 Å². The summed E-state index contributed by atoms with van der Waals surface area (Å²) >= 11 is 0. The lowest BCUT2D eigenvalue weighted by atomic mass is 9.85. The van der Waals surface area contributed by atoms with Gasteiger partial charge in [0, 0.05) is 32.3 Å². The second kappa shape index (κ2) is 5.65. The van der Waals surface area contributed by atoms with Crippen molar-refractivity contribution in [2.24, 2.45) is 7.05 Å². The smallest absolute Gasteiger partial charge is 0.153 e. The number of aromatic nitrogens is 2. The third kappa shape index (κ3) is 2.64. The highest BCUT2D eigenvalue weighted by molar-refractivity contribution is 5.88. The fourth-order valence-corrected chi connectivity index (χ4v) is 2.93. The molecule has 1 saturated heterocycles. The number of imidazole rings is 1. The second-order valence-corrected chi connectivity index (χ2v) is 5.24. The van der Waals surface area contributed by atoms with Crippen LogP contribution in [0.3, 0.4) is 0 Å². The quantitative estimate of drug-likeness (QED) is 0.837. The molecule has 0 spiro atoms. The van der Waals surface area contributed by atoms with Gasteiger partial charge in [-0.1, -0.05) is 13.3 Å². The van der Waals surface area contributed by atoms with Gasteiger partial charge in [-0.25, -0.2) is 4.98 Å². The van der Waals surface area contributed by atoms with E-state index in [-0.39, 0.29) is 5.54 Å². The molecule has 2 heterocycles. The lowest BCUT2D eigenvalue weighted by Crippen LogP contribution is -2.47. The molecule has 2 rings (SSSR count). The van der Waals surface area contributed by atoms with E-state index in [0.717, 1.165) is 44.5 Å². The zero-order valence-corrected chi connectivity index (χ0v) is 11.4. The molecule has 1 atom stereocenters. The topological polar surface area (TPSA) is 46.9 Å². The Kier molecular flexibility index (Phi) is 4.17. The number of hydrogen-bond acceptors (Lipinski definition) is 3. The van der Waals surface area contributed by atoms with Crippen LogP contribution in [0, 0.1) is 0 Å². The van der Waals surface area contributed by atoms with Crippen LogP contribution in [0.1, 0.15) is 44.9 Å². The summed E-state index contributed by atoms with van der Waals surface area (Å²) in [5.41, 5.74) is -0.236. The standard InChI is InChI=1S/C14H23N3O/c1-3-7-14(8-4-9-16-14)12(18)5-6-13-15-10-11-17(13)2/h10-11,16H,3-9H2,1-2H3. The van der Waals surface area contributed by atoms with Crippen LogP contribution in [0.4, 0.5) is 0 Å². The summed E-state index contributed by atoms with van der Waals surface area (Å²) in [4.78, 5) is 16.7. The highest BCUT2D eigenvalue weighted by atomic mass is 16.1. The molecule has 0 saturated carbocycles. The molecule has 100 valence electrons. The van der Waals surface area contributed by atoms with E-state index in [1.54, 1.807) is 6.20 Å². The number of ketones is 1. The van der Waals surface area contributed by atoms with Crippen molar-refractivity contribution in [3.63, 3.8) is 0 Å². The minimum absolute atomic E-state index is 0.236. The summed E-state index contributed by atoms with van der Waals surface area (Å²) in [6, 6.07) is 0. The first-order valence-electron chi connectivity index (χ1n) is 6.92. The Morgan fingerprint density at radius 3 is 3.00 bits per heavy atom. The van der Waals surface area contributed by atoms with E-state index in [4.69, 9.17) is 0 Å². The van der Waals surface area contributed by atoms with Crippen LogP contribution in [0.15, 0.2) is 12.4 Å². The van der Waals surface area contributed by atoms with Crippen molar-refractivity contribution in [3.8, 4) is 0 Å². The minimum atomic E-state index is -0.236. The second-order valence-electron chi connectivity index (χ2n) is 5.24. The molecule has 4 nitrogen and oxygen atoms in total. The summed E-state index contributed by atoms with van der Waals surface area (Å²) < 4.78 is 1.99. The molecule has 0 radical (unpaired) electrons. The molecular formula is C14H23N3O. The molecule has 1 fully saturated rings. The Morgan fingerprint density at radius 2 is 2.44 bits per heavy atom. The van der Waals surface area contributed by atoms with Crippen molar-refractivity contribution in [1.29, 1.82) is 0 Å². The molecule has 0 bridgehead atoms. The molecule has 0 aromatic carbocycles. The maximum absolute atomic E-state index is 12.5. The van der Waals surface area contributed by atoms with E-state index in [1.807, 2.05) is 17.8 Å². The average Bonchev–Trinajstić information content (AvgIpc) is 2.97. The Bertz CT molecular complexity index is 405. The summed E-state index contributed by atoms with van der Waals surface area (Å²) in [7, 11) is 1.97. The number of carbonyl (C=O) groups excluding carboxylic acids is 1. The van der Waals surface area contributed by atoms with E-state index >= 15 is 0 Å². The van der Waals surface area contributed by atoms with Gasteiger partial charge >= 0.3 is 0 Å². The van der Waals surface area contributed by atoms with Crippen LogP contribution in [0.5, 0.6) is 0 Å². The molecule has 1 aromatic rings. The molecule has 1 aromatic heterocycles. The van der Waals surface area contributed by atoms with Gasteiger partial charge in [0.05, 0.1) is 5.54 Å². The third-order valence-corrected chi connectivity index (χ3v) is 3.95. The van der Waals surface area contributed by atoms with Crippen molar-refractivity contribution in [2.45, 2.75) is 51.0 Å². The van der Waals surface area contributed by atoms with Crippen LogP contribution in [0.2, 0.25) is 0 Å². The van der Waals surface area contributed by atoms with Gasteiger partial charge in [0.15, 0.2) is 5.78 Å². The first-order chi connectivity index (χ1) is 8.68. The first-order valence-corrected chi connectivity index (χ1v) is 6.92. The number of aryl methyl sites for hydroxylation is 2. The maximum atomic E-state index is 12.5. The van der Waals surface area contributed by atoms with Crippen molar-refractivity contribution in [3.05, 3.63) is 18.2 Å². The maximum Gasteiger partial charge on any atom is 0.153 e. The highest BCUT2D eigenvalue weighted by Crippen LogP contribution is 2.27. The van der Waals surface area contributed by atoms with Gasteiger partial charge in [-0.15, -0.1) is 0 Å². The van der Waals surface area contributed by atoms with E-state index in [1.165, 1.54) is 0 Å². The highest BCUT2D eigenvalue weighted by Gasteiger charge is 2.38. The molecular weight excluding hydrogens is 226 g/mol. The number of hydrogen-bond donors (Lipinski definition) is 1. The number of nitrogens with one attached hydrogen (secondary N) is 1. The predicted molar refractivity (Wildman–Crippen MR) is 71.4 cm³/mol. The summed E-state index contributed by atoms with van der Waals surface area (Å²) in [6.45, 7) is 3.13. The minimum Gasteiger partial charge on any atom is -0.338 e. The number of nitrogens with zero attached hydrogens (tertiary/aromatic N) is 2. The van der Waals surface area contributed by atoms with Gasteiger partial charge < -0.3 is 9.88 Å². The molecule has 4 heteroatoms. The SMILES string of the molecule is CCCC1(C(=O)CCc2nccn2C)CCCN1. The van der Waals surface area contributed by atoms with Crippen LogP contribution in [-0.2, 0) is 18.3 Å². The Hall–Kier alpha value is -1.16. The fourth-order valence-electron chi connectivity index (χ4n) is 2.93. The molecule has 1 aliphatic rings. The van der Waals surface area contributed by atoms with Crippen LogP contribution < -0.4 is 5.32 Å². The summed E-state index contributed by atoms with van der Waals surface area (Å²) in [5, 5.41) is 3.44. The van der Waals surface area contributed by atoms with E-state index < -0.39 is 0 Å². The van der Waals surface area contributed by atoms with Gasteiger partial charge in [0.1, 0.15) is 5.82 Å². The third-order valence-electron chi connectivity index (χ3n) is 3.95. The zero-order valence-electron chi connectivity index (χ0n) is 11.4. The summed E-state index contributed by atoms with van der Waals surface area (Å²) in [6.07, 6.45) is 9.19. The van der Waals surface area contributed by atoms with Gasteiger partial charge in [-0.05, 0) is 25.8 Å². The Balaban J connectivity index is 1.96. The predicted octanol–water partition coefficient (Wildman–Crippen LogP) is 1.84. The number of Topliss-reactive ketones (excluding diaryl/α,β-unsaturated/α-hetero) is 1. The first kappa shape index (κ1) is 13.3. The molecule has 18 heavy (non-hydrogen) atoms. The van der Waals surface area contributed by atoms with E-state index in [9.17, 15) is 4.79 Å². The zero-order chi connectivity index (χ0) is 13.0. The normalized spacial score (nSPS) is 23.4. The van der Waals surface area contributed by atoms with Crippen molar-refractivity contribution in [2.75, 3.05) is 6.54 Å². The lowest BCUT2D eigenvalue weighted by molar-refractivity contribution is -0.125. The van der Waals surface area contributed by atoms with Crippen molar-refractivity contribution in [1.82, 2.24) is 14.9 Å². The van der Waals surface area contributed by atoms with Gasteiger partial charge in [-0.3, -0.25) is 4.79 Å². The van der Waals surface area contributed by atoms with Crippen molar-refractivity contribution >= 4 is 5.78 Å². The Labute approximate surface area is 109 Å². The molecule has 0 aliphatic carbocycles. The summed E-state index contributed by atoms with van der Waals surface area (Å²) in [5.74, 6) is 1.36. The molecule has 1 N–H and O–H groups in total. The van der Waals surface area contributed by atoms with Crippen molar-refractivity contribution < 1.29 is 4.79 Å². The number of carbonyl (C=O) groups is 1. The molecule has 0 amide bonds. The monoisotopic (exact) mass is 249 g/mol. The van der Waals surface area contributed by atoms with Gasteiger partial charge in [0.2, 0.25) is 0 Å². The van der Waals surface area contributed by atoms with Crippen LogP contribution >= 0.6 is 0 Å². The fraction of sp³-hybridized carbons (Fsp3) is 0.714. The molecule has 1 aliphatic heterocycles. The van der Waals surface area contributed by atoms with Crippen LogP contribution in [-0.4, -0.2) is 27.4 Å².